The SMILES string of the molecule is O=C(O)c1ccc(-c2cnc3[nH]c4ccc(OS(=O)(=O)c5cccs5)cc4c3c2-c2ccncc2)cc1. The molecule has 8 nitrogen and oxygen atoms in total. The third-order valence-corrected chi connectivity index (χ3v) is 8.55. The number of aromatic amines is 1. The molecule has 0 aliphatic heterocycles. The summed E-state index contributed by atoms with van der Waals surface area (Å²) < 4.78 is 31.0. The first-order valence-electron chi connectivity index (χ1n) is 11.1. The molecule has 0 fully saturated rings. The molecule has 0 unspecified atom stereocenters. The molecule has 37 heavy (non-hydrogen) atoms. The van der Waals surface area contributed by atoms with Gasteiger partial charge in [-0.1, -0.05) is 18.2 Å². The predicted molar refractivity (Wildman–Crippen MR) is 141 cm³/mol. The molecule has 0 radical (unpaired) electrons. The number of hydrogen-bond donors (Lipinski definition) is 2. The first kappa shape index (κ1) is 22.9. The van der Waals surface area contributed by atoms with Gasteiger partial charge in [-0.15, -0.1) is 11.3 Å². The van der Waals surface area contributed by atoms with Crippen LogP contribution in [0, 0.1) is 0 Å². The number of hydrogen-bond acceptors (Lipinski definition) is 7. The average Bonchev–Trinajstić information content (AvgIpc) is 3.58. The fourth-order valence-electron chi connectivity index (χ4n) is 4.29. The predicted octanol–water partition coefficient (Wildman–Crippen LogP) is 5.97. The molecule has 0 bridgehead atoms. The number of thiophene rings is 1. The Morgan fingerprint density at radius 2 is 1.76 bits per heavy atom. The summed E-state index contributed by atoms with van der Waals surface area (Å²) in [4.78, 5) is 23.4. The van der Waals surface area contributed by atoms with Crippen LogP contribution in [0.1, 0.15) is 10.4 Å². The van der Waals surface area contributed by atoms with Crippen LogP contribution in [0.3, 0.4) is 0 Å². The molecule has 4 aromatic heterocycles. The molecule has 182 valence electrons. The van der Waals surface area contributed by atoms with Crippen molar-refractivity contribution in [3.8, 4) is 28.0 Å². The van der Waals surface area contributed by atoms with E-state index >= 15 is 0 Å². The van der Waals surface area contributed by atoms with Gasteiger partial charge in [0, 0.05) is 46.0 Å². The number of rotatable bonds is 6. The van der Waals surface area contributed by atoms with Gasteiger partial charge < -0.3 is 14.3 Å². The van der Waals surface area contributed by atoms with E-state index in [9.17, 15) is 18.3 Å². The molecule has 6 aromatic rings. The summed E-state index contributed by atoms with van der Waals surface area (Å²) in [5.41, 5.74) is 4.85. The van der Waals surface area contributed by atoms with Crippen LogP contribution in [-0.4, -0.2) is 34.4 Å². The smallest absolute Gasteiger partial charge is 0.348 e. The number of benzene rings is 2. The highest BCUT2D eigenvalue weighted by atomic mass is 32.3. The molecule has 0 aliphatic carbocycles. The Morgan fingerprint density at radius 1 is 0.973 bits per heavy atom. The number of pyridine rings is 2. The van der Waals surface area contributed by atoms with E-state index in [0.29, 0.717) is 5.65 Å². The van der Waals surface area contributed by atoms with Crippen molar-refractivity contribution in [2.24, 2.45) is 0 Å². The van der Waals surface area contributed by atoms with E-state index in [1.54, 1.807) is 72.5 Å². The second kappa shape index (κ2) is 8.84. The van der Waals surface area contributed by atoms with Gasteiger partial charge in [0.15, 0.2) is 4.21 Å². The molecule has 2 N–H and O–H groups in total. The summed E-state index contributed by atoms with van der Waals surface area (Å²) in [6.45, 7) is 0. The number of aromatic nitrogens is 3. The normalized spacial score (nSPS) is 11.7. The summed E-state index contributed by atoms with van der Waals surface area (Å²) in [7, 11) is -3.96. The van der Waals surface area contributed by atoms with Gasteiger partial charge in [-0.05, 0) is 65.0 Å². The van der Waals surface area contributed by atoms with Crippen molar-refractivity contribution in [1.29, 1.82) is 0 Å². The molecular formula is C27H17N3O5S2. The zero-order chi connectivity index (χ0) is 25.6. The Bertz CT molecular complexity index is 1880. The van der Waals surface area contributed by atoms with Crippen LogP contribution in [0.2, 0.25) is 0 Å². The van der Waals surface area contributed by atoms with Gasteiger partial charge in [-0.25, -0.2) is 9.78 Å². The fraction of sp³-hybridized carbons (Fsp3) is 0. The highest BCUT2D eigenvalue weighted by Crippen LogP contribution is 2.41. The van der Waals surface area contributed by atoms with E-state index in [1.807, 2.05) is 12.1 Å². The highest BCUT2D eigenvalue weighted by Gasteiger charge is 2.21. The molecule has 0 amide bonds. The minimum Gasteiger partial charge on any atom is -0.478 e. The Kier molecular flexibility index (Phi) is 5.47. The van der Waals surface area contributed by atoms with Gasteiger partial charge in [0.2, 0.25) is 0 Å². The first-order chi connectivity index (χ1) is 17.9. The maximum atomic E-state index is 12.7. The number of nitrogens with zero attached hydrogens (tertiary/aromatic N) is 2. The van der Waals surface area contributed by atoms with Gasteiger partial charge in [0.05, 0.1) is 5.56 Å². The van der Waals surface area contributed by atoms with Crippen LogP contribution in [0.5, 0.6) is 5.75 Å². The lowest BCUT2D eigenvalue weighted by Gasteiger charge is -2.12. The standard InChI is InChI=1S/C27H17N3O5S2/c31-27(32)18-5-3-16(4-6-18)21-15-29-26-25(24(21)17-9-11-28-12-10-17)20-14-19(7-8-22(20)30-26)35-37(33,34)23-2-1-13-36-23/h1-15H,(H,29,30)(H,31,32). The lowest BCUT2D eigenvalue weighted by Crippen LogP contribution is -2.07. The van der Waals surface area contributed by atoms with Crippen LogP contribution in [0.25, 0.3) is 44.2 Å². The molecule has 4 heterocycles. The number of aromatic carboxylic acids is 1. The zero-order valence-electron chi connectivity index (χ0n) is 19.0. The summed E-state index contributed by atoms with van der Waals surface area (Å²) in [6.07, 6.45) is 5.12. The van der Waals surface area contributed by atoms with Crippen LogP contribution in [-0.2, 0) is 10.1 Å². The molecule has 10 heteroatoms. The maximum absolute atomic E-state index is 12.7. The van der Waals surface area contributed by atoms with Crippen molar-refractivity contribution in [3.05, 3.63) is 96.3 Å². The van der Waals surface area contributed by atoms with Crippen LogP contribution in [0.15, 0.2) is 94.9 Å². The van der Waals surface area contributed by atoms with Gasteiger partial charge in [0.1, 0.15) is 11.4 Å². The number of carboxylic acid groups (broad SMARTS) is 1. The Labute approximate surface area is 215 Å². The van der Waals surface area contributed by atoms with E-state index < -0.39 is 16.1 Å². The van der Waals surface area contributed by atoms with Crippen molar-refractivity contribution in [2.75, 3.05) is 0 Å². The van der Waals surface area contributed by atoms with E-state index in [4.69, 9.17) is 4.18 Å². The third-order valence-electron chi connectivity index (χ3n) is 5.95. The Hall–Kier alpha value is -4.54. The summed E-state index contributed by atoms with van der Waals surface area (Å²) >= 11 is 1.09. The molecule has 0 aliphatic rings. The second-order valence-corrected chi connectivity index (χ2v) is 10.9. The molecule has 6 rings (SSSR count). The highest BCUT2D eigenvalue weighted by molar-refractivity contribution is 7.89. The Balaban J connectivity index is 1.58. The van der Waals surface area contributed by atoms with Gasteiger partial charge in [-0.2, -0.15) is 8.42 Å². The number of nitrogens with one attached hydrogen (secondary N) is 1. The molecule has 0 saturated carbocycles. The van der Waals surface area contributed by atoms with Crippen LogP contribution >= 0.6 is 11.3 Å². The molecule has 0 atom stereocenters. The van der Waals surface area contributed by atoms with Crippen molar-refractivity contribution < 1.29 is 22.5 Å². The lowest BCUT2D eigenvalue weighted by molar-refractivity contribution is 0.0697. The lowest BCUT2D eigenvalue weighted by atomic mass is 9.93. The second-order valence-electron chi connectivity index (χ2n) is 8.19. The van der Waals surface area contributed by atoms with Crippen molar-refractivity contribution in [3.63, 3.8) is 0 Å². The van der Waals surface area contributed by atoms with Crippen molar-refractivity contribution >= 4 is 49.4 Å². The van der Waals surface area contributed by atoms with Gasteiger partial charge >= 0.3 is 16.1 Å². The zero-order valence-corrected chi connectivity index (χ0v) is 20.6. The van der Waals surface area contributed by atoms with Crippen LogP contribution < -0.4 is 4.18 Å². The first-order valence-corrected chi connectivity index (χ1v) is 13.4. The minimum absolute atomic E-state index is 0.123. The number of fused-ring (bicyclic) bond motifs is 3. The molecule has 2 aromatic carbocycles. The molecule has 0 saturated heterocycles. The average molecular weight is 528 g/mol. The van der Waals surface area contributed by atoms with Gasteiger partial charge in [0.25, 0.3) is 0 Å². The van der Waals surface area contributed by atoms with Gasteiger partial charge in [-0.3, -0.25) is 4.98 Å². The third kappa shape index (κ3) is 4.11. The number of carboxylic acids is 1. The number of H-pyrrole nitrogens is 1. The molecular weight excluding hydrogens is 510 g/mol. The van der Waals surface area contributed by atoms with E-state index in [-0.39, 0.29) is 15.5 Å². The fourth-order valence-corrected chi connectivity index (χ4v) is 6.16. The molecule has 0 spiro atoms. The topological polar surface area (TPSA) is 122 Å². The largest absolute Gasteiger partial charge is 0.478 e. The summed E-state index contributed by atoms with van der Waals surface area (Å²) in [6, 6.07) is 18.5. The maximum Gasteiger partial charge on any atom is 0.348 e. The Morgan fingerprint density at radius 3 is 2.46 bits per heavy atom. The van der Waals surface area contributed by atoms with E-state index in [2.05, 4.69) is 15.0 Å². The van der Waals surface area contributed by atoms with E-state index in [1.165, 1.54) is 6.07 Å². The summed E-state index contributed by atoms with van der Waals surface area (Å²) in [5.74, 6) is -0.824. The number of carbonyl (C=O) groups is 1. The monoisotopic (exact) mass is 527 g/mol. The van der Waals surface area contributed by atoms with E-state index in [0.717, 1.165) is 49.9 Å². The van der Waals surface area contributed by atoms with Crippen molar-refractivity contribution in [1.82, 2.24) is 15.0 Å². The van der Waals surface area contributed by atoms with Crippen LogP contribution in [0.4, 0.5) is 0 Å². The quantitative estimate of drug-likeness (QED) is 0.256. The van der Waals surface area contributed by atoms with Crippen molar-refractivity contribution in [2.45, 2.75) is 4.21 Å². The minimum atomic E-state index is -3.96. The summed E-state index contributed by atoms with van der Waals surface area (Å²) in [5, 5.41) is 12.5.